The molecule has 1 amide bonds. The van der Waals surface area contributed by atoms with E-state index in [0.717, 1.165) is 16.0 Å². The van der Waals surface area contributed by atoms with E-state index in [4.69, 9.17) is 4.74 Å². The third-order valence-electron chi connectivity index (χ3n) is 3.28. The van der Waals surface area contributed by atoms with Crippen molar-refractivity contribution in [3.8, 4) is 16.9 Å². The zero-order chi connectivity index (χ0) is 15.4. The molecule has 3 aromatic rings. The van der Waals surface area contributed by atoms with E-state index in [1.54, 1.807) is 36.9 Å². The third kappa shape index (κ3) is 3.01. The Morgan fingerprint density at radius 2 is 2.27 bits per heavy atom. The summed E-state index contributed by atoms with van der Waals surface area (Å²) in [6, 6.07) is 9.44. The van der Waals surface area contributed by atoms with Gasteiger partial charge in [-0.25, -0.2) is 0 Å². The van der Waals surface area contributed by atoms with Gasteiger partial charge in [0, 0.05) is 16.6 Å². The van der Waals surface area contributed by atoms with Crippen molar-refractivity contribution in [2.24, 2.45) is 0 Å². The Balaban J connectivity index is 1.79. The lowest BCUT2D eigenvalue weighted by atomic mass is 10.1. The molecule has 0 aliphatic rings. The minimum absolute atomic E-state index is 0.149. The Hall–Kier alpha value is -2.60. The number of aromatic amines is 1. The van der Waals surface area contributed by atoms with Crippen LogP contribution in [-0.2, 0) is 6.54 Å². The minimum atomic E-state index is -0.149. The lowest BCUT2D eigenvalue weighted by molar-refractivity contribution is 0.0948. The Kier molecular flexibility index (Phi) is 4.20. The molecule has 6 heteroatoms. The molecule has 1 aromatic carbocycles. The van der Waals surface area contributed by atoms with Crippen molar-refractivity contribution in [1.82, 2.24) is 15.5 Å². The third-order valence-corrected chi connectivity index (χ3v) is 4.16. The summed E-state index contributed by atoms with van der Waals surface area (Å²) in [6.45, 7) is 0.517. The van der Waals surface area contributed by atoms with Crippen molar-refractivity contribution in [2.75, 3.05) is 7.11 Å². The topological polar surface area (TPSA) is 67.0 Å². The molecular weight excluding hydrogens is 298 g/mol. The summed E-state index contributed by atoms with van der Waals surface area (Å²) in [5.41, 5.74) is 2.41. The maximum Gasteiger partial charge on any atom is 0.255 e. The van der Waals surface area contributed by atoms with Gasteiger partial charge >= 0.3 is 0 Å². The number of amides is 1. The lowest BCUT2D eigenvalue weighted by Gasteiger charge is -2.10. The average Bonchev–Trinajstić information content (AvgIpc) is 3.25. The molecule has 0 atom stereocenters. The van der Waals surface area contributed by atoms with Gasteiger partial charge in [0.25, 0.3) is 5.91 Å². The van der Waals surface area contributed by atoms with E-state index in [1.807, 2.05) is 29.6 Å². The molecule has 0 unspecified atom stereocenters. The van der Waals surface area contributed by atoms with Crippen LogP contribution in [0.25, 0.3) is 11.1 Å². The van der Waals surface area contributed by atoms with Crippen molar-refractivity contribution in [3.05, 3.63) is 58.5 Å². The number of methoxy groups -OCH3 is 1. The summed E-state index contributed by atoms with van der Waals surface area (Å²) in [5, 5.41) is 11.6. The predicted octanol–water partition coefficient (Wildman–Crippen LogP) is 3.08. The Bertz CT molecular complexity index is 752. The lowest BCUT2D eigenvalue weighted by Crippen LogP contribution is -2.22. The number of nitrogens with one attached hydrogen (secondary N) is 2. The maximum absolute atomic E-state index is 12.3. The summed E-state index contributed by atoms with van der Waals surface area (Å²) >= 11 is 1.61. The second kappa shape index (κ2) is 6.44. The van der Waals surface area contributed by atoms with Crippen LogP contribution in [-0.4, -0.2) is 23.2 Å². The number of H-pyrrole nitrogens is 1. The first-order valence-corrected chi connectivity index (χ1v) is 7.63. The fourth-order valence-corrected chi connectivity index (χ4v) is 2.79. The van der Waals surface area contributed by atoms with Gasteiger partial charge in [-0.1, -0.05) is 12.1 Å². The van der Waals surface area contributed by atoms with Gasteiger partial charge in [0.05, 0.1) is 25.4 Å². The summed E-state index contributed by atoms with van der Waals surface area (Å²) in [7, 11) is 1.56. The van der Waals surface area contributed by atoms with Crippen molar-refractivity contribution >= 4 is 17.2 Å². The average molecular weight is 313 g/mol. The zero-order valence-electron chi connectivity index (χ0n) is 12.0. The van der Waals surface area contributed by atoms with Gasteiger partial charge in [0.2, 0.25) is 0 Å². The van der Waals surface area contributed by atoms with E-state index in [-0.39, 0.29) is 5.91 Å². The van der Waals surface area contributed by atoms with Gasteiger partial charge in [0.15, 0.2) is 0 Å². The first-order valence-electron chi connectivity index (χ1n) is 6.75. The van der Waals surface area contributed by atoms with Gasteiger partial charge in [-0.05, 0) is 29.1 Å². The van der Waals surface area contributed by atoms with Crippen molar-refractivity contribution < 1.29 is 9.53 Å². The number of hydrogen-bond acceptors (Lipinski definition) is 4. The van der Waals surface area contributed by atoms with Gasteiger partial charge in [-0.3, -0.25) is 9.89 Å². The van der Waals surface area contributed by atoms with Gasteiger partial charge < -0.3 is 10.1 Å². The monoisotopic (exact) mass is 313 g/mol. The van der Waals surface area contributed by atoms with Crippen molar-refractivity contribution in [2.45, 2.75) is 6.54 Å². The second-order valence-electron chi connectivity index (χ2n) is 4.66. The highest BCUT2D eigenvalue weighted by molar-refractivity contribution is 7.09. The van der Waals surface area contributed by atoms with Crippen molar-refractivity contribution in [3.63, 3.8) is 0 Å². The van der Waals surface area contributed by atoms with E-state index >= 15 is 0 Å². The SMILES string of the molecule is COc1cc(-c2cn[nH]c2)ccc1C(=O)NCc1cccs1. The van der Waals surface area contributed by atoms with E-state index < -0.39 is 0 Å². The normalized spacial score (nSPS) is 10.4. The molecular formula is C16H15N3O2S. The fourth-order valence-electron chi connectivity index (χ4n) is 2.14. The van der Waals surface area contributed by atoms with Crippen LogP contribution in [0, 0.1) is 0 Å². The molecule has 0 radical (unpaired) electrons. The molecule has 0 saturated carbocycles. The van der Waals surface area contributed by atoms with Crippen molar-refractivity contribution in [1.29, 1.82) is 0 Å². The summed E-state index contributed by atoms with van der Waals surface area (Å²) < 4.78 is 5.35. The number of carbonyl (C=O) groups excluding carboxylic acids is 1. The first kappa shape index (κ1) is 14.3. The molecule has 2 aromatic heterocycles. The van der Waals surface area contributed by atoms with Crippen LogP contribution in [0.1, 0.15) is 15.2 Å². The molecule has 0 saturated heterocycles. The Labute approximate surface area is 132 Å². The second-order valence-corrected chi connectivity index (χ2v) is 5.70. The Morgan fingerprint density at radius 1 is 1.36 bits per heavy atom. The van der Waals surface area contributed by atoms with Gasteiger partial charge in [0.1, 0.15) is 5.75 Å². The number of hydrogen-bond donors (Lipinski definition) is 2. The van der Waals surface area contributed by atoms with Crippen LogP contribution in [0.4, 0.5) is 0 Å². The summed E-state index contributed by atoms with van der Waals surface area (Å²) in [4.78, 5) is 13.4. The summed E-state index contributed by atoms with van der Waals surface area (Å²) in [5.74, 6) is 0.395. The first-order chi connectivity index (χ1) is 10.8. The zero-order valence-corrected chi connectivity index (χ0v) is 12.8. The largest absolute Gasteiger partial charge is 0.496 e. The van der Waals surface area contributed by atoms with E-state index in [2.05, 4.69) is 15.5 Å². The molecule has 0 aliphatic carbocycles. The minimum Gasteiger partial charge on any atom is -0.496 e. The molecule has 5 nitrogen and oxygen atoms in total. The molecule has 0 spiro atoms. The fraction of sp³-hybridized carbons (Fsp3) is 0.125. The molecule has 0 aliphatic heterocycles. The number of aromatic nitrogens is 2. The van der Waals surface area contributed by atoms with E-state index in [9.17, 15) is 4.79 Å². The highest BCUT2D eigenvalue weighted by Gasteiger charge is 2.13. The van der Waals surface area contributed by atoms with E-state index in [0.29, 0.717) is 17.9 Å². The molecule has 2 heterocycles. The molecule has 22 heavy (non-hydrogen) atoms. The number of benzene rings is 1. The number of carbonyl (C=O) groups is 1. The molecule has 0 bridgehead atoms. The maximum atomic E-state index is 12.3. The number of nitrogens with zero attached hydrogens (tertiary/aromatic N) is 1. The van der Waals surface area contributed by atoms with Gasteiger partial charge in [-0.15, -0.1) is 11.3 Å². The standard InChI is InChI=1S/C16H15N3O2S/c1-21-15-7-11(12-8-18-19-9-12)4-5-14(15)16(20)17-10-13-3-2-6-22-13/h2-9H,10H2,1H3,(H,17,20)(H,18,19). The van der Waals surface area contributed by atoms with Crippen LogP contribution in [0.3, 0.4) is 0 Å². The predicted molar refractivity (Wildman–Crippen MR) is 86.1 cm³/mol. The number of thiophene rings is 1. The number of ether oxygens (including phenoxy) is 1. The van der Waals surface area contributed by atoms with Gasteiger partial charge in [-0.2, -0.15) is 5.10 Å². The van der Waals surface area contributed by atoms with E-state index in [1.165, 1.54) is 0 Å². The van der Waals surface area contributed by atoms with Crippen LogP contribution < -0.4 is 10.1 Å². The smallest absolute Gasteiger partial charge is 0.255 e. The van der Waals surface area contributed by atoms with Crippen LogP contribution in [0.5, 0.6) is 5.75 Å². The quantitative estimate of drug-likeness (QED) is 0.760. The molecule has 0 fully saturated rings. The van der Waals surface area contributed by atoms with Crippen LogP contribution in [0.15, 0.2) is 48.1 Å². The Morgan fingerprint density at radius 3 is 2.95 bits per heavy atom. The molecule has 3 rings (SSSR count). The molecule has 112 valence electrons. The van der Waals surface area contributed by atoms with Crippen LogP contribution >= 0.6 is 11.3 Å². The summed E-state index contributed by atoms with van der Waals surface area (Å²) in [6.07, 6.45) is 3.52. The highest BCUT2D eigenvalue weighted by atomic mass is 32.1. The molecule has 2 N–H and O–H groups in total. The van der Waals surface area contributed by atoms with Crippen LogP contribution in [0.2, 0.25) is 0 Å². The highest BCUT2D eigenvalue weighted by Crippen LogP contribution is 2.26. The number of rotatable bonds is 5.